The van der Waals surface area contributed by atoms with E-state index in [0.29, 0.717) is 0 Å². The third-order valence-corrected chi connectivity index (χ3v) is 2.84. The molecule has 0 fully saturated rings. The van der Waals surface area contributed by atoms with Crippen molar-refractivity contribution in [3.05, 3.63) is 36.2 Å². The Morgan fingerprint density at radius 3 is 2.71 bits per heavy atom. The number of rotatable bonds is 2. The maximum Gasteiger partial charge on any atom is 0.119 e. The van der Waals surface area contributed by atoms with Crippen LogP contribution in [0.25, 0.3) is 10.8 Å². The first-order valence-electron chi connectivity index (χ1n) is 5.43. The second kappa shape index (κ2) is 4.06. The number of nitrogens with zero attached hydrogens (tertiary/aromatic N) is 2. The number of fused-ring (bicyclic) bond motifs is 1. The Labute approximate surface area is 101 Å². The molecule has 2 rings (SSSR count). The van der Waals surface area contributed by atoms with Crippen LogP contribution in [0.1, 0.15) is 19.5 Å². The number of hydrogen-bond acceptors (Lipinski definition) is 3. The van der Waals surface area contributed by atoms with E-state index in [1.165, 1.54) is 0 Å². The molecule has 0 atom stereocenters. The van der Waals surface area contributed by atoms with Crippen molar-refractivity contribution in [3.8, 4) is 11.8 Å². The van der Waals surface area contributed by atoms with E-state index in [1.54, 1.807) is 13.3 Å². The Morgan fingerprint density at radius 1 is 1.29 bits per heavy atom. The van der Waals surface area contributed by atoms with Crippen LogP contribution in [0.15, 0.2) is 30.5 Å². The third-order valence-electron chi connectivity index (χ3n) is 2.84. The first kappa shape index (κ1) is 11.4. The molecule has 0 saturated heterocycles. The van der Waals surface area contributed by atoms with Crippen LogP contribution in [-0.2, 0) is 5.41 Å². The molecule has 0 aliphatic rings. The Kier molecular flexibility index (Phi) is 2.72. The summed E-state index contributed by atoms with van der Waals surface area (Å²) in [5.74, 6) is 0.778. The van der Waals surface area contributed by atoms with Crippen molar-refractivity contribution >= 4 is 10.8 Å². The van der Waals surface area contributed by atoms with Crippen LogP contribution < -0.4 is 4.74 Å². The molecular formula is C14H14N2O. The lowest BCUT2D eigenvalue weighted by Gasteiger charge is -2.17. The molecule has 0 aliphatic heterocycles. The fourth-order valence-electron chi connectivity index (χ4n) is 1.83. The van der Waals surface area contributed by atoms with Gasteiger partial charge in [0.15, 0.2) is 0 Å². The van der Waals surface area contributed by atoms with Gasteiger partial charge >= 0.3 is 0 Å². The normalized spacial score (nSPS) is 11.2. The molecule has 0 aliphatic carbocycles. The number of pyridine rings is 1. The van der Waals surface area contributed by atoms with Gasteiger partial charge in [-0.1, -0.05) is 6.07 Å². The molecule has 0 amide bonds. The molecule has 0 bridgehead atoms. The summed E-state index contributed by atoms with van der Waals surface area (Å²) < 4.78 is 5.21. The van der Waals surface area contributed by atoms with Gasteiger partial charge in [0.2, 0.25) is 0 Å². The van der Waals surface area contributed by atoms with Gasteiger partial charge in [0.1, 0.15) is 5.75 Å². The Morgan fingerprint density at radius 2 is 2.06 bits per heavy atom. The first-order chi connectivity index (χ1) is 8.08. The van der Waals surface area contributed by atoms with Gasteiger partial charge in [-0.25, -0.2) is 0 Å². The standard InChI is InChI=1S/C14H14N2O/c1-14(2,9-15)13-12-8-11(17-3)5-4-10(12)6-7-16-13/h4-8H,1-3H3. The van der Waals surface area contributed by atoms with E-state index in [0.717, 1.165) is 22.2 Å². The van der Waals surface area contributed by atoms with Gasteiger partial charge in [0.05, 0.1) is 24.3 Å². The molecule has 2 aromatic rings. The fourth-order valence-corrected chi connectivity index (χ4v) is 1.83. The number of nitriles is 1. The van der Waals surface area contributed by atoms with E-state index in [2.05, 4.69) is 11.1 Å². The number of benzene rings is 1. The smallest absolute Gasteiger partial charge is 0.119 e. The van der Waals surface area contributed by atoms with Crippen LogP contribution in [0.5, 0.6) is 5.75 Å². The summed E-state index contributed by atoms with van der Waals surface area (Å²) in [5.41, 5.74) is 0.183. The average Bonchev–Trinajstić information content (AvgIpc) is 2.37. The maximum absolute atomic E-state index is 9.21. The van der Waals surface area contributed by atoms with E-state index in [-0.39, 0.29) is 0 Å². The van der Waals surface area contributed by atoms with Gasteiger partial charge in [0.25, 0.3) is 0 Å². The summed E-state index contributed by atoms with van der Waals surface area (Å²) in [6.07, 6.45) is 1.74. The molecule has 1 aromatic carbocycles. The molecule has 0 saturated carbocycles. The van der Waals surface area contributed by atoms with Crippen LogP contribution in [0.4, 0.5) is 0 Å². The topological polar surface area (TPSA) is 45.9 Å². The summed E-state index contributed by atoms with van der Waals surface area (Å²) in [6, 6.07) is 10.0. The highest BCUT2D eigenvalue weighted by molar-refractivity contribution is 5.86. The highest BCUT2D eigenvalue weighted by atomic mass is 16.5. The fraction of sp³-hybridized carbons (Fsp3) is 0.286. The molecule has 3 heteroatoms. The lowest BCUT2D eigenvalue weighted by atomic mass is 9.87. The molecule has 0 spiro atoms. The molecule has 1 heterocycles. The minimum absolute atomic E-state index is 0.605. The monoisotopic (exact) mass is 226 g/mol. The molecule has 1 aromatic heterocycles. The molecular weight excluding hydrogens is 212 g/mol. The van der Waals surface area contributed by atoms with Gasteiger partial charge in [-0.2, -0.15) is 5.26 Å². The Balaban J connectivity index is 2.76. The van der Waals surface area contributed by atoms with Crippen LogP contribution in [0.3, 0.4) is 0 Å². The van der Waals surface area contributed by atoms with Crippen molar-refractivity contribution in [3.63, 3.8) is 0 Å². The van der Waals surface area contributed by atoms with E-state index in [9.17, 15) is 5.26 Å². The molecule has 3 nitrogen and oxygen atoms in total. The zero-order chi connectivity index (χ0) is 12.5. The zero-order valence-corrected chi connectivity index (χ0v) is 10.2. The van der Waals surface area contributed by atoms with Crippen LogP contribution in [-0.4, -0.2) is 12.1 Å². The molecule has 86 valence electrons. The number of hydrogen-bond donors (Lipinski definition) is 0. The first-order valence-corrected chi connectivity index (χ1v) is 5.43. The quantitative estimate of drug-likeness (QED) is 0.790. The predicted octanol–water partition coefficient (Wildman–Crippen LogP) is 3.04. The summed E-state index contributed by atoms with van der Waals surface area (Å²) in [5, 5.41) is 11.3. The van der Waals surface area contributed by atoms with E-state index in [1.807, 2.05) is 38.1 Å². The van der Waals surface area contributed by atoms with Gasteiger partial charge in [-0.3, -0.25) is 4.98 Å². The molecule has 0 radical (unpaired) electrons. The second-order valence-electron chi connectivity index (χ2n) is 4.48. The lowest BCUT2D eigenvalue weighted by molar-refractivity contribution is 0.415. The van der Waals surface area contributed by atoms with Gasteiger partial charge < -0.3 is 4.74 Å². The molecule has 17 heavy (non-hydrogen) atoms. The highest BCUT2D eigenvalue weighted by Crippen LogP contribution is 2.30. The van der Waals surface area contributed by atoms with Crippen LogP contribution in [0, 0.1) is 11.3 Å². The average molecular weight is 226 g/mol. The van der Waals surface area contributed by atoms with Crippen LogP contribution >= 0.6 is 0 Å². The van der Waals surface area contributed by atoms with E-state index < -0.39 is 5.41 Å². The second-order valence-corrected chi connectivity index (χ2v) is 4.48. The van der Waals surface area contributed by atoms with E-state index in [4.69, 9.17) is 4.74 Å². The number of methoxy groups -OCH3 is 1. The molecule has 0 N–H and O–H groups in total. The van der Waals surface area contributed by atoms with E-state index >= 15 is 0 Å². The lowest BCUT2D eigenvalue weighted by Crippen LogP contribution is -2.16. The summed E-state index contributed by atoms with van der Waals surface area (Å²) in [4.78, 5) is 4.35. The summed E-state index contributed by atoms with van der Waals surface area (Å²) in [7, 11) is 1.63. The summed E-state index contributed by atoms with van der Waals surface area (Å²) in [6.45, 7) is 3.74. The van der Waals surface area contributed by atoms with Crippen LogP contribution in [0.2, 0.25) is 0 Å². The Bertz CT molecular complexity index is 597. The highest BCUT2D eigenvalue weighted by Gasteiger charge is 2.23. The SMILES string of the molecule is COc1ccc2ccnc(C(C)(C)C#N)c2c1. The van der Waals surface area contributed by atoms with Gasteiger partial charge in [-0.05, 0) is 37.4 Å². The summed E-state index contributed by atoms with van der Waals surface area (Å²) >= 11 is 0. The largest absolute Gasteiger partial charge is 0.497 e. The minimum Gasteiger partial charge on any atom is -0.497 e. The van der Waals surface area contributed by atoms with Crippen molar-refractivity contribution in [2.75, 3.05) is 7.11 Å². The third kappa shape index (κ3) is 1.94. The van der Waals surface area contributed by atoms with Crippen molar-refractivity contribution in [2.24, 2.45) is 0 Å². The van der Waals surface area contributed by atoms with Gasteiger partial charge in [-0.15, -0.1) is 0 Å². The van der Waals surface area contributed by atoms with Crippen molar-refractivity contribution < 1.29 is 4.74 Å². The molecule has 0 unspecified atom stereocenters. The maximum atomic E-state index is 9.21. The minimum atomic E-state index is -0.605. The van der Waals surface area contributed by atoms with Crippen molar-refractivity contribution in [1.29, 1.82) is 5.26 Å². The van der Waals surface area contributed by atoms with Gasteiger partial charge in [0, 0.05) is 11.6 Å². The predicted molar refractivity (Wildman–Crippen MR) is 66.9 cm³/mol. The number of aromatic nitrogens is 1. The van der Waals surface area contributed by atoms with Crippen molar-refractivity contribution in [1.82, 2.24) is 4.98 Å². The number of ether oxygens (including phenoxy) is 1. The van der Waals surface area contributed by atoms with Crippen molar-refractivity contribution in [2.45, 2.75) is 19.3 Å². The Hall–Kier alpha value is -2.08. The zero-order valence-electron chi connectivity index (χ0n) is 10.2.